The van der Waals surface area contributed by atoms with Crippen LogP contribution >= 0.6 is 0 Å². The molecular formula is C22H19N3O3. The van der Waals surface area contributed by atoms with Crippen LogP contribution in [0, 0.1) is 0 Å². The number of hydrogen-bond acceptors (Lipinski definition) is 4. The summed E-state index contributed by atoms with van der Waals surface area (Å²) in [6.45, 7) is 2.43. The largest absolute Gasteiger partial charge is 0.461 e. The van der Waals surface area contributed by atoms with Crippen LogP contribution < -0.4 is 5.43 Å². The Morgan fingerprint density at radius 2 is 1.86 bits per heavy atom. The summed E-state index contributed by atoms with van der Waals surface area (Å²) < 4.78 is 8.78. The zero-order valence-electron chi connectivity index (χ0n) is 15.4. The van der Waals surface area contributed by atoms with Crippen LogP contribution in [-0.4, -0.2) is 26.9 Å². The number of para-hydroxylation sites is 1. The highest BCUT2D eigenvalue weighted by atomic mass is 16.5. The molecule has 0 spiro atoms. The van der Waals surface area contributed by atoms with E-state index in [1.54, 1.807) is 23.9 Å². The minimum atomic E-state index is -0.501. The van der Waals surface area contributed by atoms with Crippen molar-refractivity contribution in [3.05, 3.63) is 94.5 Å². The molecule has 0 atom stereocenters. The predicted octanol–water partition coefficient (Wildman–Crippen LogP) is 3.41. The number of carbonyl (C=O) groups is 1. The van der Waals surface area contributed by atoms with Crippen LogP contribution in [0.5, 0.6) is 0 Å². The van der Waals surface area contributed by atoms with Gasteiger partial charge in [-0.2, -0.15) is 5.10 Å². The molecule has 0 fully saturated rings. The summed E-state index contributed by atoms with van der Waals surface area (Å²) in [4.78, 5) is 24.9. The molecule has 0 amide bonds. The fourth-order valence-electron chi connectivity index (χ4n) is 3.23. The summed E-state index contributed by atoms with van der Waals surface area (Å²) in [5.74, 6) is -0.501. The van der Waals surface area contributed by atoms with E-state index in [1.807, 2.05) is 59.3 Å². The zero-order valence-corrected chi connectivity index (χ0v) is 15.4. The third-order valence-corrected chi connectivity index (χ3v) is 4.55. The Kier molecular flexibility index (Phi) is 4.76. The van der Waals surface area contributed by atoms with E-state index in [2.05, 4.69) is 5.10 Å². The van der Waals surface area contributed by atoms with Gasteiger partial charge < -0.3 is 9.30 Å². The van der Waals surface area contributed by atoms with Crippen molar-refractivity contribution in [3.8, 4) is 5.69 Å². The van der Waals surface area contributed by atoms with Gasteiger partial charge in [-0.05, 0) is 42.8 Å². The van der Waals surface area contributed by atoms with E-state index in [-0.39, 0.29) is 17.7 Å². The standard InChI is InChI=1S/C22H19N3O3/c1-2-28-22(27)20-14-21(26)18-6-3-4-7-19(18)24(20)15-16-8-10-17(11-9-16)25-13-5-12-23-25/h3-14H,2,15H2,1H3. The van der Waals surface area contributed by atoms with Crippen LogP contribution in [-0.2, 0) is 11.3 Å². The quantitative estimate of drug-likeness (QED) is 0.503. The molecule has 0 aliphatic carbocycles. The molecule has 28 heavy (non-hydrogen) atoms. The number of hydrogen-bond donors (Lipinski definition) is 0. The molecule has 2 aromatic heterocycles. The summed E-state index contributed by atoms with van der Waals surface area (Å²) in [7, 11) is 0. The highest BCUT2D eigenvalue weighted by Crippen LogP contribution is 2.17. The Hall–Kier alpha value is -3.67. The van der Waals surface area contributed by atoms with E-state index in [0.717, 1.165) is 11.3 Å². The van der Waals surface area contributed by atoms with Crippen molar-refractivity contribution < 1.29 is 9.53 Å². The molecule has 0 aliphatic heterocycles. The Morgan fingerprint density at radius 1 is 1.07 bits per heavy atom. The summed E-state index contributed by atoms with van der Waals surface area (Å²) >= 11 is 0. The van der Waals surface area contributed by atoms with Gasteiger partial charge >= 0.3 is 5.97 Å². The highest BCUT2D eigenvalue weighted by molar-refractivity contribution is 5.91. The molecule has 0 aliphatic rings. The first-order valence-corrected chi connectivity index (χ1v) is 9.06. The third-order valence-electron chi connectivity index (χ3n) is 4.55. The van der Waals surface area contributed by atoms with Gasteiger partial charge in [-0.3, -0.25) is 4.79 Å². The maximum absolute atomic E-state index is 12.5. The van der Waals surface area contributed by atoms with Gasteiger partial charge in [0, 0.05) is 30.4 Å². The topological polar surface area (TPSA) is 66.1 Å². The average molecular weight is 373 g/mol. The Labute approximate surface area is 161 Å². The van der Waals surface area contributed by atoms with E-state index in [4.69, 9.17) is 4.74 Å². The molecule has 0 N–H and O–H groups in total. The summed E-state index contributed by atoms with van der Waals surface area (Å²) in [6, 6.07) is 18.4. The lowest BCUT2D eigenvalue weighted by Crippen LogP contribution is -2.20. The third kappa shape index (κ3) is 3.32. The van der Waals surface area contributed by atoms with Crippen LogP contribution in [0.2, 0.25) is 0 Å². The minimum absolute atomic E-state index is 0.191. The number of ether oxygens (including phenoxy) is 1. The van der Waals surface area contributed by atoms with Crippen LogP contribution in [0.1, 0.15) is 23.0 Å². The zero-order chi connectivity index (χ0) is 19.5. The van der Waals surface area contributed by atoms with E-state index < -0.39 is 5.97 Å². The second-order valence-electron chi connectivity index (χ2n) is 6.33. The smallest absolute Gasteiger partial charge is 0.355 e. The summed E-state index contributed by atoms with van der Waals surface area (Å²) in [6.07, 6.45) is 3.61. The van der Waals surface area contributed by atoms with Crippen LogP contribution in [0.4, 0.5) is 0 Å². The number of esters is 1. The van der Waals surface area contributed by atoms with E-state index in [1.165, 1.54) is 6.07 Å². The van der Waals surface area contributed by atoms with E-state index in [9.17, 15) is 9.59 Å². The van der Waals surface area contributed by atoms with Crippen LogP contribution in [0.25, 0.3) is 16.6 Å². The van der Waals surface area contributed by atoms with Crippen molar-refractivity contribution in [1.82, 2.24) is 14.3 Å². The second-order valence-corrected chi connectivity index (χ2v) is 6.33. The fourth-order valence-corrected chi connectivity index (χ4v) is 3.23. The molecule has 2 aromatic carbocycles. The first-order chi connectivity index (χ1) is 13.7. The van der Waals surface area contributed by atoms with Gasteiger partial charge in [0.15, 0.2) is 5.43 Å². The maximum Gasteiger partial charge on any atom is 0.355 e. The van der Waals surface area contributed by atoms with Crippen molar-refractivity contribution in [2.24, 2.45) is 0 Å². The molecule has 0 bridgehead atoms. The van der Waals surface area contributed by atoms with Crippen molar-refractivity contribution in [1.29, 1.82) is 0 Å². The molecule has 6 nitrogen and oxygen atoms in total. The molecule has 0 saturated heterocycles. The fraction of sp³-hybridized carbons (Fsp3) is 0.136. The van der Waals surface area contributed by atoms with Crippen molar-refractivity contribution >= 4 is 16.9 Å². The highest BCUT2D eigenvalue weighted by Gasteiger charge is 2.16. The van der Waals surface area contributed by atoms with E-state index >= 15 is 0 Å². The molecule has 2 heterocycles. The van der Waals surface area contributed by atoms with Crippen LogP contribution in [0.3, 0.4) is 0 Å². The number of nitrogens with zero attached hydrogens (tertiary/aromatic N) is 3. The molecule has 6 heteroatoms. The summed E-state index contributed by atoms with van der Waals surface area (Å²) in [5.41, 5.74) is 2.71. The summed E-state index contributed by atoms with van der Waals surface area (Å²) in [5, 5.41) is 4.80. The van der Waals surface area contributed by atoms with Crippen molar-refractivity contribution in [3.63, 3.8) is 0 Å². The second kappa shape index (κ2) is 7.52. The van der Waals surface area contributed by atoms with Gasteiger partial charge in [0.25, 0.3) is 0 Å². The Morgan fingerprint density at radius 3 is 2.57 bits per heavy atom. The first-order valence-electron chi connectivity index (χ1n) is 9.06. The van der Waals surface area contributed by atoms with Gasteiger partial charge in [0.1, 0.15) is 5.69 Å². The molecule has 140 valence electrons. The van der Waals surface area contributed by atoms with Gasteiger partial charge in [-0.1, -0.05) is 24.3 Å². The number of aromatic nitrogens is 3. The van der Waals surface area contributed by atoms with Crippen LogP contribution in [0.15, 0.2) is 77.9 Å². The number of fused-ring (bicyclic) bond motifs is 1. The molecule has 4 rings (SSSR count). The average Bonchev–Trinajstić information content (AvgIpc) is 3.25. The Balaban J connectivity index is 1.78. The van der Waals surface area contributed by atoms with Gasteiger partial charge in [0.05, 0.1) is 17.8 Å². The van der Waals surface area contributed by atoms with Crippen molar-refractivity contribution in [2.45, 2.75) is 13.5 Å². The SMILES string of the molecule is CCOC(=O)c1cc(=O)c2ccccc2n1Cc1ccc(-n2cccn2)cc1. The number of carbonyl (C=O) groups excluding carboxylic acids is 1. The lowest BCUT2D eigenvalue weighted by atomic mass is 10.1. The molecule has 0 unspecified atom stereocenters. The molecule has 0 saturated carbocycles. The Bertz CT molecular complexity index is 1180. The van der Waals surface area contributed by atoms with Gasteiger partial charge in [-0.25, -0.2) is 9.48 Å². The van der Waals surface area contributed by atoms with Gasteiger partial charge in [-0.15, -0.1) is 0 Å². The molecule has 4 aromatic rings. The lowest BCUT2D eigenvalue weighted by Gasteiger charge is -2.16. The predicted molar refractivity (Wildman–Crippen MR) is 107 cm³/mol. The molecule has 0 radical (unpaired) electrons. The monoisotopic (exact) mass is 373 g/mol. The van der Waals surface area contributed by atoms with Crippen molar-refractivity contribution in [2.75, 3.05) is 6.61 Å². The number of pyridine rings is 1. The maximum atomic E-state index is 12.5. The lowest BCUT2D eigenvalue weighted by molar-refractivity contribution is 0.0514. The van der Waals surface area contributed by atoms with Gasteiger partial charge in [0.2, 0.25) is 0 Å². The first kappa shape index (κ1) is 17.7. The minimum Gasteiger partial charge on any atom is -0.461 e. The molecular weight excluding hydrogens is 354 g/mol. The normalized spacial score (nSPS) is 10.9. The number of benzene rings is 2. The van der Waals surface area contributed by atoms with E-state index in [0.29, 0.717) is 17.4 Å². The number of rotatable bonds is 5.